The summed E-state index contributed by atoms with van der Waals surface area (Å²) in [6.07, 6.45) is 0.576. The topological polar surface area (TPSA) is 32.3 Å². The van der Waals surface area contributed by atoms with Gasteiger partial charge in [-0.05, 0) is 13.1 Å². The monoisotopic (exact) mass is 296 g/mol. The minimum atomic E-state index is 0.207. The summed E-state index contributed by atoms with van der Waals surface area (Å²) in [5, 5.41) is 3.33. The van der Waals surface area contributed by atoms with Crippen molar-refractivity contribution in [1.29, 1.82) is 0 Å². The third-order valence-electron chi connectivity index (χ3n) is 3.24. The summed E-state index contributed by atoms with van der Waals surface area (Å²) in [7, 11) is 2.08. The van der Waals surface area contributed by atoms with Crippen LogP contribution in [0.15, 0.2) is 28.7 Å². The van der Waals surface area contributed by atoms with Gasteiger partial charge in [0, 0.05) is 42.1 Å². The fraction of sp³-hybridized carbons (Fsp3) is 0.462. The van der Waals surface area contributed by atoms with Gasteiger partial charge in [0.25, 0.3) is 0 Å². The van der Waals surface area contributed by atoms with Crippen molar-refractivity contribution >= 4 is 21.7 Å². The van der Waals surface area contributed by atoms with Crippen molar-refractivity contribution in [2.24, 2.45) is 0 Å². The number of benzene rings is 1. The molecule has 4 heteroatoms. The van der Waals surface area contributed by atoms with Gasteiger partial charge in [-0.1, -0.05) is 34.1 Å². The van der Waals surface area contributed by atoms with Crippen LogP contribution in [-0.2, 0) is 0 Å². The largest absolute Gasteiger partial charge is 0.314 e. The SMILES string of the molecule is CN1CCNCC1CC(=O)c1ccccc1Br. The average molecular weight is 297 g/mol. The number of hydrogen-bond acceptors (Lipinski definition) is 3. The Morgan fingerprint density at radius 3 is 3.00 bits per heavy atom. The highest BCUT2D eigenvalue weighted by Gasteiger charge is 2.22. The third-order valence-corrected chi connectivity index (χ3v) is 3.93. The number of nitrogens with one attached hydrogen (secondary N) is 1. The number of likely N-dealkylation sites (N-methyl/N-ethyl adjacent to an activating group) is 1. The summed E-state index contributed by atoms with van der Waals surface area (Å²) in [5.74, 6) is 0.207. The maximum absolute atomic E-state index is 12.2. The summed E-state index contributed by atoms with van der Waals surface area (Å²) in [5.41, 5.74) is 0.784. The van der Waals surface area contributed by atoms with Gasteiger partial charge in [-0.3, -0.25) is 4.79 Å². The van der Waals surface area contributed by atoms with Gasteiger partial charge in [0.2, 0.25) is 0 Å². The first-order valence-electron chi connectivity index (χ1n) is 5.87. The average Bonchev–Trinajstić information content (AvgIpc) is 2.32. The van der Waals surface area contributed by atoms with Crippen molar-refractivity contribution in [3.05, 3.63) is 34.3 Å². The van der Waals surface area contributed by atoms with Crippen LogP contribution >= 0.6 is 15.9 Å². The molecule has 0 amide bonds. The highest BCUT2D eigenvalue weighted by atomic mass is 79.9. The normalized spacial score (nSPS) is 21.4. The first-order chi connectivity index (χ1) is 8.18. The van der Waals surface area contributed by atoms with Gasteiger partial charge in [-0.25, -0.2) is 0 Å². The fourth-order valence-electron chi connectivity index (χ4n) is 2.10. The van der Waals surface area contributed by atoms with Gasteiger partial charge < -0.3 is 10.2 Å². The lowest BCUT2D eigenvalue weighted by Gasteiger charge is -2.32. The lowest BCUT2D eigenvalue weighted by atomic mass is 10.0. The zero-order valence-electron chi connectivity index (χ0n) is 9.95. The molecule has 1 atom stereocenters. The minimum Gasteiger partial charge on any atom is -0.314 e. The Balaban J connectivity index is 2.04. The molecule has 3 nitrogen and oxygen atoms in total. The third kappa shape index (κ3) is 3.15. The molecule has 1 saturated heterocycles. The number of nitrogens with zero attached hydrogens (tertiary/aromatic N) is 1. The van der Waals surface area contributed by atoms with Crippen molar-refractivity contribution in [2.75, 3.05) is 26.7 Å². The number of rotatable bonds is 3. The van der Waals surface area contributed by atoms with Gasteiger partial charge in [-0.2, -0.15) is 0 Å². The fourth-order valence-corrected chi connectivity index (χ4v) is 2.61. The molecule has 1 aliphatic heterocycles. The van der Waals surface area contributed by atoms with Gasteiger partial charge in [0.1, 0.15) is 0 Å². The Morgan fingerprint density at radius 2 is 2.29 bits per heavy atom. The van der Waals surface area contributed by atoms with Crippen molar-refractivity contribution in [3.8, 4) is 0 Å². The molecule has 17 heavy (non-hydrogen) atoms. The number of ketones is 1. The molecule has 1 unspecified atom stereocenters. The van der Waals surface area contributed by atoms with Crippen molar-refractivity contribution in [2.45, 2.75) is 12.5 Å². The highest BCUT2D eigenvalue weighted by molar-refractivity contribution is 9.10. The smallest absolute Gasteiger partial charge is 0.165 e. The highest BCUT2D eigenvalue weighted by Crippen LogP contribution is 2.19. The van der Waals surface area contributed by atoms with Crippen LogP contribution in [0.4, 0.5) is 0 Å². The van der Waals surface area contributed by atoms with E-state index in [9.17, 15) is 4.79 Å². The summed E-state index contributed by atoms with van der Waals surface area (Å²) >= 11 is 3.43. The second-order valence-corrected chi connectivity index (χ2v) is 5.30. The molecule has 1 heterocycles. The predicted molar refractivity (Wildman–Crippen MR) is 72.4 cm³/mol. The summed E-state index contributed by atoms with van der Waals surface area (Å²) in [4.78, 5) is 14.5. The number of halogens is 1. The predicted octanol–water partition coefficient (Wildman–Crippen LogP) is 1.93. The minimum absolute atomic E-state index is 0.207. The molecule has 92 valence electrons. The van der Waals surface area contributed by atoms with Crippen LogP contribution < -0.4 is 5.32 Å². The van der Waals surface area contributed by atoms with Gasteiger partial charge >= 0.3 is 0 Å². The van der Waals surface area contributed by atoms with E-state index in [-0.39, 0.29) is 5.78 Å². The van der Waals surface area contributed by atoms with Crippen LogP contribution in [0.5, 0.6) is 0 Å². The molecular formula is C13H17BrN2O. The first-order valence-corrected chi connectivity index (χ1v) is 6.66. The molecule has 1 N–H and O–H groups in total. The van der Waals surface area contributed by atoms with Gasteiger partial charge in [0.05, 0.1) is 0 Å². The Morgan fingerprint density at radius 1 is 1.53 bits per heavy atom. The Bertz CT molecular complexity index is 408. The zero-order valence-corrected chi connectivity index (χ0v) is 11.5. The van der Waals surface area contributed by atoms with Gasteiger partial charge in [0.15, 0.2) is 5.78 Å². The van der Waals surface area contributed by atoms with E-state index in [2.05, 4.69) is 33.2 Å². The van der Waals surface area contributed by atoms with Crippen molar-refractivity contribution in [3.63, 3.8) is 0 Å². The first kappa shape index (κ1) is 12.7. The molecule has 0 aromatic heterocycles. The molecule has 0 saturated carbocycles. The molecule has 1 aromatic rings. The van der Waals surface area contributed by atoms with E-state index in [4.69, 9.17) is 0 Å². The summed E-state index contributed by atoms with van der Waals surface area (Å²) < 4.78 is 0.886. The molecule has 2 rings (SSSR count). The maximum atomic E-state index is 12.2. The molecule has 0 aliphatic carbocycles. The maximum Gasteiger partial charge on any atom is 0.165 e. The standard InChI is InChI=1S/C13H17BrN2O/c1-16-7-6-15-9-10(16)8-13(17)11-4-2-3-5-12(11)14/h2-5,10,15H,6-9H2,1H3. The Kier molecular flexibility index (Phi) is 4.31. The Hall–Kier alpha value is -0.710. The van der Waals surface area contributed by atoms with Crippen molar-refractivity contribution in [1.82, 2.24) is 10.2 Å². The second kappa shape index (κ2) is 5.76. The van der Waals surface area contributed by atoms with E-state index < -0.39 is 0 Å². The van der Waals surface area contributed by atoms with E-state index in [0.717, 1.165) is 29.7 Å². The van der Waals surface area contributed by atoms with Crippen LogP contribution in [0.1, 0.15) is 16.8 Å². The summed E-state index contributed by atoms with van der Waals surface area (Å²) in [6.45, 7) is 2.91. The number of piperazine rings is 1. The zero-order chi connectivity index (χ0) is 12.3. The van der Waals surface area contributed by atoms with E-state index in [0.29, 0.717) is 12.5 Å². The van der Waals surface area contributed by atoms with E-state index in [1.54, 1.807) is 0 Å². The molecule has 0 bridgehead atoms. The molecule has 0 radical (unpaired) electrons. The van der Waals surface area contributed by atoms with Crippen LogP contribution in [0.3, 0.4) is 0 Å². The van der Waals surface area contributed by atoms with E-state index in [1.807, 2.05) is 24.3 Å². The number of carbonyl (C=O) groups excluding carboxylic acids is 1. The number of Topliss-reactive ketones (excluding diaryl/α,β-unsaturated/α-hetero) is 1. The lowest BCUT2D eigenvalue weighted by molar-refractivity contribution is 0.0916. The van der Waals surface area contributed by atoms with E-state index >= 15 is 0 Å². The lowest BCUT2D eigenvalue weighted by Crippen LogP contribution is -2.50. The number of hydrogen-bond donors (Lipinski definition) is 1. The van der Waals surface area contributed by atoms with Crippen LogP contribution in [0.2, 0.25) is 0 Å². The van der Waals surface area contributed by atoms with Crippen LogP contribution in [0.25, 0.3) is 0 Å². The molecular weight excluding hydrogens is 280 g/mol. The number of carbonyl (C=O) groups is 1. The van der Waals surface area contributed by atoms with Gasteiger partial charge in [-0.15, -0.1) is 0 Å². The van der Waals surface area contributed by atoms with E-state index in [1.165, 1.54) is 0 Å². The molecule has 1 aliphatic rings. The molecule has 1 aromatic carbocycles. The van der Waals surface area contributed by atoms with Crippen molar-refractivity contribution < 1.29 is 4.79 Å². The van der Waals surface area contributed by atoms with Crippen LogP contribution in [-0.4, -0.2) is 43.4 Å². The quantitative estimate of drug-likeness (QED) is 0.865. The second-order valence-electron chi connectivity index (χ2n) is 4.45. The molecule has 0 spiro atoms. The summed E-state index contributed by atoms with van der Waals surface area (Å²) in [6, 6.07) is 7.93. The Labute approximate surface area is 110 Å². The van der Waals surface area contributed by atoms with Crippen LogP contribution in [0, 0.1) is 0 Å². The molecule has 1 fully saturated rings.